The molecule has 0 bridgehead atoms. The second-order valence-electron chi connectivity index (χ2n) is 2.34. The summed E-state index contributed by atoms with van der Waals surface area (Å²) in [5.41, 5.74) is -0.0219. The number of fused-ring (bicyclic) bond motifs is 1. The number of imidazole rings is 1. The van der Waals surface area contributed by atoms with Gasteiger partial charge >= 0.3 is 0 Å². The number of halogens is 2. The van der Waals surface area contributed by atoms with Crippen LogP contribution in [-0.4, -0.2) is 14.9 Å². The summed E-state index contributed by atoms with van der Waals surface area (Å²) in [6.45, 7) is 0. The molecule has 0 aliphatic heterocycles. The molecule has 5 heteroatoms. The van der Waals surface area contributed by atoms with Crippen LogP contribution in [0, 0.1) is 11.6 Å². The van der Waals surface area contributed by atoms with Crippen LogP contribution in [0.3, 0.4) is 0 Å². The van der Waals surface area contributed by atoms with Crippen LogP contribution in [0.25, 0.3) is 11.0 Å². The average Bonchev–Trinajstić information content (AvgIpc) is 2.33. The van der Waals surface area contributed by atoms with Gasteiger partial charge in [-0.3, -0.25) is 0 Å². The van der Waals surface area contributed by atoms with Crippen LogP contribution in [0.15, 0.2) is 18.5 Å². The van der Waals surface area contributed by atoms with Gasteiger partial charge in [-0.25, -0.2) is 13.8 Å². The lowest BCUT2D eigenvalue weighted by Crippen LogP contribution is -1.88. The molecule has 3 nitrogen and oxygen atoms in total. The minimum absolute atomic E-state index is 0.0208. The van der Waals surface area contributed by atoms with Gasteiger partial charge in [-0.1, -0.05) is 0 Å². The van der Waals surface area contributed by atoms with Gasteiger partial charge in [0.25, 0.3) is 0 Å². The summed E-state index contributed by atoms with van der Waals surface area (Å²) >= 11 is 0. The van der Waals surface area contributed by atoms with E-state index >= 15 is 0 Å². The molecule has 0 aliphatic rings. The summed E-state index contributed by atoms with van der Waals surface area (Å²) in [6, 6.07) is 1.72. The normalized spacial score (nSPS) is 10.8. The zero-order chi connectivity index (χ0) is 8.72. The summed E-state index contributed by atoms with van der Waals surface area (Å²) in [6.07, 6.45) is 1.01. The average molecular weight is 170 g/mol. The lowest BCUT2D eigenvalue weighted by atomic mass is 10.3. The number of hydrogen-bond acceptors (Lipinski definition) is 2. The maximum Gasteiger partial charge on any atom is 0.154 e. The van der Waals surface area contributed by atoms with Crippen molar-refractivity contribution in [2.45, 2.75) is 0 Å². The van der Waals surface area contributed by atoms with Gasteiger partial charge in [0.05, 0.1) is 0 Å². The SMILES string of the molecule is On1cnc2c(F)cc(F)cc21. The molecule has 2 rings (SSSR count). The summed E-state index contributed by atoms with van der Waals surface area (Å²) in [5, 5.41) is 8.98. The quantitative estimate of drug-likeness (QED) is 0.609. The predicted octanol–water partition coefficient (Wildman–Crippen LogP) is 1.55. The first kappa shape index (κ1) is 7.02. The van der Waals surface area contributed by atoms with E-state index in [9.17, 15) is 8.78 Å². The van der Waals surface area contributed by atoms with E-state index in [0.717, 1.165) is 18.5 Å². The monoisotopic (exact) mass is 170 g/mol. The smallest absolute Gasteiger partial charge is 0.154 e. The zero-order valence-corrected chi connectivity index (χ0v) is 5.83. The van der Waals surface area contributed by atoms with E-state index in [2.05, 4.69) is 4.98 Å². The van der Waals surface area contributed by atoms with Crippen molar-refractivity contribution in [2.75, 3.05) is 0 Å². The van der Waals surface area contributed by atoms with Crippen molar-refractivity contribution >= 4 is 11.0 Å². The van der Waals surface area contributed by atoms with Crippen molar-refractivity contribution in [1.29, 1.82) is 0 Å². The Bertz CT molecular complexity index is 438. The van der Waals surface area contributed by atoms with Gasteiger partial charge in [-0.05, 0) is 0 Å². The molecule has 0 saturated heterocycles. The molecule has 0 radical (unpaired) electrons. The Kier molecular flexibility index (Phi) is 1.27. The fraction of sp³-hybridized carbons (Fsp3) is 0. The van der Waals surface area contributed by atoms with Crippen molar-refractivity contribution in [3.63, 3.8) is 0 Å². The van der Waals surface area contributed by atoms with Crippen LogP contribution in [0.4, 0.5) is 8.78 Å². The highest BCUT2D eigenvalue weighted by Crippen LogP contribution is 2.16. The van der Waals surface area contributed by atoms with E-state index in [-0.39, 0.29) is 11.0 Å². The molecule has 1 aromatic heterocycles. The van der Waals surface area contributed by atoms with Gasteiger partial charge in [-0.2, -0.15) is 4.73 Å². The Morgan fingerprint density at radius 3 is 2.83 bits per heavy atom. The Labute approximate surface area is 65.8 Å². The third-order valence-electron chi connectivity index (χ3n) is 1.55. The number of rotatable bonds is 0. The Balaban J connectivity index is 2.92. The molecule has 1 heterocycles. The predicted molar refractivity (Wildman–Crippen MR) is 36.8 cm³/mol. The molecule has 1 N–H and O–H groups in total. The van der Waals surface area contributed by atoms with Crippen molar-refractivity contribution < 1.29 is 14.0 Å². The van der Waals surface area contributed by atoms with E-state index in [1.807, 2.05) is 0 Å². The highest BCUT2D eigenvalue weighted by Gasteiger charge is 2.08. The Morgan fingerprint density at radius 1 is 1.33 bits per heavy atom. The van der Waals surface area contributed by atoms with Gasteiger partial charge in [0, 0.05) is 12.1 Å². The molecule has 1 aromatic carbocycles. The first-order valence-electron chi connectivity index (χ1n) is 3.20. The van der Waals surface area contributed by atoms with E-state index < -0.39 is 11.6 Å². The van der Waals surface area contributed by atoms with Gasteiger partial charge in [0.2, 0.25) is 0 Å². The van der Waals surface area contributed by atoms with Crippen LogP contribution in [-0.2, 0) is 0 Å². The molecule has 0 fully saturated rings. The number of aromatic nitrogens is 2. The second-order valence-corrected chi connectivity index (χ2v) is 2.34. The Morgan fingerprint density at radius 2 is 2.08 bits per heavy atom. The molecule has 0 aliphatic carbocycles. The standard InChI is InChI=1S/C7H4F2N2O/c8-4-1-5(9)7-6(2-4)11(12)3-10-7/h1-3,12H. The highest BCUT2D eigenvalue weighted by atomic mass is 19.1. The van der Waals surface area contributed by atoms with E-state index in [0.29, 0.717) is 4.73 Å². The Hall–Kier alpha value is -1.65. The minimum atomic E-state index is -0.780. The summed E-state index contributed by atoms with van der Waals surface area (Å²) in [7, 11) is 0. The van der Waals surface area contributed by atoms with Gasteiger partial charge in [-0.15, -0.1) is 0 Å². The molecule has 0 saturated carbocycles. The largest absolute Gasteiger partial charge is 0.427 e. The lowest BCUT2D eigenvalue weighted by molar-refractivity contribution is 0.198. The lowest BCUT2D eigenvalue weighted by Gasteiger charge is -1.93. The molecule has 62 valence electrons. The number of hydrogen-bond donors (Lipinski definition) is 1. The van der Waals surface area contributed by atoms with Crippen molar-refractivity contribution in [3.05, 3.63) is 30.1 Å². The first-order chi connectivity index (χ1) is 5.68. The molecular formula is C7H4F2N2O. The van der Waals surface area contributed by atoms with Gasteiger partial charge < -0.3 is 5.21 Å². The molecule has 12 heavy (non-hydrogen) atoms. The molecule has 0 spiro atoms. The summed E-state index contributed by atoms with van der Waals surface area (Å²) < 4.78 is 26.0. The summed E-state index contributed by atoms with van der Waals surface area (Å²) in [5.74, 6) is -1.52. The van der Waals surface area contributed by atoms with Gasteiger partial charge in [0.15, 0.2) is 5.82 Å². The molecule has 0 atom stereocenters. The van der Waals surface area contributed by atoms with Crippen LogP contribution in [0.2, 0.25) is 0 Å². The van der Waals surface area contributed by atoms with Crippen molar-refractivity contribution in [2.24, 2.45) is 0 Å². The summed E-state index contributed by atoms with van der Waals surface area (Å²) in [4.78, 5) is 3.53. The minimum Gasteiger partial charge on any atom is -0.427 e. The number of nitrogens with zero attached hydrogens (tertiary/aromatic N) is 2. The van der Waals surface area contributed by atoms with Crippen molar-refractivity contribution in [1.82, 2.24) is 9.71 Å². The second kappa shape index (κ2) is 2.17. The van der Waals surface area contributed by atoms with E-state index in [4.69, 9.17) is 5.21 Å². The van der Waals surface area contributed by atoms with Crippen LogP contribution >= 0.6 is 0 Å². The molecule has 2 aromatic rings. The van der Waals surface area contributed by atoms with E-state index in [1.165, 1.54) is 0 Å². The van der Waals surface area contributed by atoms with Crippen LogP contribution in [0.1, 0.15) is 0 Å². The maximum absolute atomic E-state index is 12.8. The fourth-order valence-corrected chi connectivity index (χ4v) is 1.03. The topological polar surface area (TPSA) is 38.0 Å². The third kappa shape index (κ3) is 0.827. The van der Waals surface area contributed by atoms with Crippen LogP contribution < -0.4 is 0 Å². The zero-order valence-electron chi connectivity index (χ0n) is 5.83. The fourth-order valence-electron chi connectivity index (χ4n) is 1.03. The van der Waals surface area contributed by atoms with Crippen LogP contribution in [0.5, 0.6) is 0 Å². The molecule has 0 amide bonds. The first-order valence-corrected chi connectivity index (χ1v) is 3.20. The van der Waals surface area contributed by atoms with Crippen molar-refractivity contribution in [3.8, 4) is 0 Å². The third-order valence-corrected chi connectivity index (χ3v) is 1.55. The van der Waals surface area contributed by atoms with E-state index in [1.54, 1.807) is 0 Å². The molecular weight excluding hydrogens is 166 g/mol. The number of benzene rings is 1. The molecule has 0 unspecified atom stereocenters. The highest BCUT2D eigenvalue weighted by molar-refractivity contribution is 5.75. The maximum atomic E-state index is 12.8. The van der Waals surface area contributed by atoms with Gasteiger partial charge in [0.1, 0.15) is 23.2 Å².